The Morgan fingerprint density at radius 3 is 2.88 bits per heavy atom. The van der Waals surface area contributed by atoms with Gasteiger partial charge in [-0.05, 0) is 37.3 Å². The van der Waals surface area contributed by atoms with Gasteiger partial charge in [0.15, 0.2) is 5.69 Å². The summed E-state index contributed by atoms with van der Waals surface area (Å²) in [6.07, 6.45) is 6.64. The number of ether oxygens (including phenoxy) is 2. The number of aryl methyl sites for hydroxylation is 2. The van der Waals surface area contributed by atoms with E-state index in [1.54, 1.807) is 24.0 Å². The number of nitrogens with zero attached hydrogens (tertiary/aromatic N) is 3. The zero-order valence-electron chi connectivity index (χ0n) is 14.0. The van der Waals surface area contributed by atoms with Gasteiger partial charge in [0.05, 0.1) is 18.6 Å². The zero-order valence-corrected chi connectivity index (χ0v) is 14.0. The highest BCUT2D eigenvalue weighted by molar-refractivity contribution is 5.89. The van der Waals surface area contributed by atoms with Crippen molar-refractivity contribution in [3.05, 3.63) is 42.4 Å². The fourth-order valence-corrected chi connectivity index (χ4v) is 2.70. The van der Waals surface area contributed by atoms with Gasteiger partial charge in [-0.3, -0.25) is 4.68 Å². The normalized spacial score (nSPS) is 14.1. The highest BCUT2D eigenvalue weighted by atomic mass is 16.5. The second kappa shape index (κ2) is 6.86. The number of carbonyl (C=O) groups is 1. The second-order valence-electron chi connectivity index (χ2n) is 6.06. The Labute approximate surface area is 141 Å². The van der Waals surface area contributed by atoms with Gasteiger partial charge in [-0.25, -0.2) is 9.78 Å². The van der Waals surface area contributed by atoms with Gasteiger partial charge in [0.25, 0.3) is 0 Å². The van der Waals surface area contributed by atoms with Gasteiger partial charge in [0.1, 0.15) is 0 Å². The lowest BCUT2D eigenvalue weighted by Gasteiger charge is -2.24. The van der Waals surface area contributed by atoms with Crippen LogP contribution in [0.4, 0.5) is 0 Å². The molecular formula is C18H21N3O3. The molecule has 0 aromatic carbocycles. The summed E-state index contributed by atoms with van der Waals surface area (Å²) in [7, 11) is 1.78. The number of hydrogen-bond donors (Lipinski definition) is 0. The molecule has 0 N–H and O–H groups in total. The summed E-state index contributed by atoms with van der Waals surface area (Å²) >= 11 is 0. The van der Waals surface area contributed by atoms with E-state index in [1.165, 1.54) is 19.3 Å². The summed E-state index contributed by atoms with van der Waals surface area (Å²) in [5.41, 5.74) is 2.94. The van der Waals surface area contributed by atoms with Crippen LogP contribution in [0.1, 0.15) is 35.3 Å². The summed E-state index contributed by atoms with van der Waals surface area (Å²) in [5, 5.41) is 4.18. The minimum absolute atomic E-state index is 0.233. The molecule has 0 atom stereocenters. The smallest absolute Gasteiger partial charge is 0.363 e. The van der Waals surface area contributed by atoms with Crippen molar-refractivity contribution < 1.29 is 14.3 Å². The molecule has 3 rings (SSSR count). The van der Waals surface area contributed by atoms with Crippen molar-refractivity contribution in [1.82, 2.24) is 14.8 Å². The number of carbonyl (C=O) groups excluding carboxylic acids is 1. The molecule has 1 aliphatic carbocycles. The number of esters is 1. The van der Waals surface area contributed by atoms with Crippen molar-refractivity contribution in [3.8, 4) is 17.1 Å². The predicted octanol–water partition coefficient (Wildman–Crippen LogP) is 3.27. The summed E-state index contributed by atoms with van der Waals surface area (Å²) in [5.74, 6) is 0.775. The molecule has 1 saturated carbocycles. The van der Waals surface area contributed by atoms with E-state index in [0.29, 0.717) is 11.8 Å². The first-order chi connectivity index (χ1) is 11.6. The lowest BCUT2D eigenvalue weighted by atomic mass is 9.86. The molecule has 1 aliphatic rings. The lowest BCUT2D eigenvalue weighted by molar-refractivity contribution is 0.0657. The van der Waals surface area contributed by atoms with Crippen molar-refractivity contribution in [2.24, 2.45) is 13.0 Å². The van der Waals surface area contributed by atoms with Gasteiger partial charge < -0.3 is 9.47 Å². The fraction of sp³-hybridized carbons (Fsp3) is 0.389. The van der Waals surface area contributed by atoms with Gasteiger partial charge in [0.2, 0.25) is 5.88 Å². The maximum Gasteiger partial charge on any atom is 0.363 e. The first-order valence-corrected chi connectivity index (χ1v) is 8.04. The maximum absolute atomic E-state index is 11.8. The van der Waals surface area contributed by atoms with Crippen LogP contribution in [0.25, 0.3) is 11.3 Å². The molecule has 2 aromatic heterocycles. The molecule has 1 fully saturated rings. The van der Waals surface area contributed by atoms with Crippen LogP contribution in [0, 0.1) is 12.8 Å². The molecule has 0 amide bonds. The van der Waals surface area contributed by atoms with E-state index < -0.39 is 5.97 Å². The van der Waals surface area contributed by atoms with Crippen molar-refractivity contribution in [3.63, 3.8) is 0 Å². The van der Waals surface area contributed by atoms with Crippen molar-refractivity contribution >= 4 is 5.97 Å². The van der Waals surface area contributed by atoms with Crippen LogP contribution >= 0.6 is 0 Å². The quantitative estimate of drug-likeness (QED) is 0.602. The maximum atomic E-state index is 11.8. The van der Waals surface area contributed by atoms with Gasteiger partial charge in [-0.2, -0.15) is 5.10 Å². The molecule has 126 valence electrons. The summed E-state index contributed by atoms with van der Waals surface area (Å²) in [6, 6.07) is 3.60. The van der Waals surface area contributed by atoms with Crippen LogP contribution in [-0.4, -0.2) is 27.3 Å². The summed E-state index contributed by atoms with van der Waals surface area (Å²) < 4.78 is 12.2. The molecule has 24 heavy (non-hydrogen) atoms. The molecule has 0 bridgehead atoms. The van der Waals surface area contributed by atoms with Gasteiger partial charge >= 0.3 is 5.97 Å². The standard InChI is InChI=1S/C18H21N3O3/c1-4-23-18(22)15-9-16(21(3)20-15)14-10-19-17(8-12(14)2)24-11-13-6-5-7-13/h4,8-10,13H,1,5-7,11H2,2-3H3. The van der Waals surface area contributed by atoms with Crippen molar-refractivity contribution in [2.75, 3.05) is 6.61 Å². The zero-order chi connectivity index (χ0) is 17.1. The van der Waals surface area contributed by atoms with Crippen LogP contribution in [0.2, 0.25) is 0 Å². The third kappa shape index (κ3) is 3.32. The number of aromatic nitrogens is 3. The Morgan fingerprint density at radius 1 is 1.46 bits per heavy atom. The SMILES string of the molecule is C=COC(=O)c1cc(-c2cnc(OCC3CCC3)cc2C)n(C)n1. The largest absolute Gasteiger partial charge is 0.477 e. The molecule has 0 radical (unpaired) electrons. The molecule has 0 unspecified atom stereocenters. The molecular weight excluding hydrogens is 306 g/mol. The Kier molecular flexibility index (Phi) is 4.64. The van der Waals surface area contributed by atoms with Crippen LogP contribution in [0.15, 0.2) is 31.2 Å². The lowest BCUT2D eigenvalue weighted by Crippen LogP contribution is -2.19. The topological polar surface area (TPSA) is 66.2 Å². The third-order valence-electron chi connectivity index (χ3n) is 4.33. The van der Waals surface area contributed by atoms with Gasteiger partial charge in [0, 0.05) is 24.9 Å². The highest BCUT2D eigenvalue weighted by Crippen LogP contribution is 2.28. The monoisotopic (exact) mass is 327 g/mol. The van der Waals surface area contributed by atoms with E-state index in [1.807, 2.05) is 13.0 Å². The fourth-order valence-electron chi connectivity index (χ4n) is 2.70. The van der Waals surface area contributed by atoms with Crippen molar-refractivity contribution in [2.45, 2.75) is 26.2 Å². The first kappa shape index (κ1) is 16.2. The van der Waals surface area contributed by atoms with E-state index in [0.717, 1.165) is 29.7 Å². The summed E-state index contributed by atoms with van der Waals surface area (Å²) in [6.45, 7) is 6.10. The van der Waals surface area contributed by atoms with E-state index in [4.69, 9.17) is 9.47 Å². The van der Waals surface area contributed by atoms with E-state index in [2.05, 4.69) is 16.7 Å². The van der Waals surface area contributed by atoms with E-state index >= 15 is 0 Å². The van der Waals surface area contributed by atoms with Crippen LogP contribution in [0.3, 0.4) is 0 Å². The Morgan fingerprint density at radius 2 is 2.25 bits per heavy atom. The average molecular weight is 327 g/mol. The van der Waals surface area contributed by atoms with Gasteiger partial charge in [-0.1, -0.05) is 13.0 Å². The van der Waals surface area contributed by atoms with E-state index in [9.17, 15) is 4.79 Å². The van der Waals surface area contributed by atoms with Crippen molar-refractivity contribution in [1.29, 1.82) is 0 Å². The van der Waals surface area contributed by atoms with Gasteiger partial charge in [-0.15, -0.1) is 0 Å². The number of rotatable bonds is 6. The van der Waals surface area contributed by atoms with Crippen LogP contribution < -0.4 is 4.74 Å². The molecule has 0 aliphatic heterocycles. The molecule has 2 heterocycles. The van der Waals surface area contributed by atoms with Crippen LogP contribution in [0.5, 0.6) is 5.88 Å². The third-order valence-corrected chi connectivity index (χ3v) is 4.33. The minimum atomic E-state index is -0.530. The molecule has 6 nitrogen and oxygen atoms in total. The number of hydrogen-bond acceptors (Lipinski definition) is 5. The average Bonchev–Trinajstić information content (AvgIpc) is 2.88. The minimum Gasteiger partial charge on any atom is -0.477 e. The Hall–Kier alpha value is -2.63. The predicted molar refractivity (Wildman–Crippen MR) is 89.6 cm³/mol. The van der Waals surface area contributed by atoms with E-state index in [-0.39, 0.29) is 5.69 Å². The van der Waals surface area contributed by atoms with Crippen LogP contribution in [-0.2, 0) is 11.8 Å². The first-order valence-electron chi connectivity index (χ1n) is 8.04. The number of pyridine rings is 1. The second-order valence-corrected chi connectivity index (χ2v) is 6.06. The Balaban J connectivity index is 1.78. The Bertz CT molecular complexity index is 763. The molecule has 0 spiro atoms. The summed E-state index contributed by atoms with van der Waals surface area (Å²) in [4.78, 5) is 16.1. The highest BCUT2D eigenvalue weighted by Gasteiger charge is 2.19. The molecule has 2 aromatic rings. The molecule has 0 saturated heterocycles. The molecule has 6 heteroatoms.